The molecule has 2 atom stereocenters. The molecule has 1 unspecified atom stereocenters. The van der Waals surface area contributed by atoms with Crippen molar-refractivity contribution in [2.24, 2.45) is 16.8 Å². The van der Waals surface area contributed by atoms with E-state index in [4.69, 9.17) is 4.74 Å². The number of amides is 2. The minimum absolute atomic E-state index is 0.0153. The monoisotopic (exact) mass is 381 g/mol. The summed E-state index contributed by atoms with van der Waals surface area (Å²) in [5.41, 5.74) is 1.89. The number of hydrogen-bond acceptors (Lipinski definition) is 5. The highest BCUT2D eigenvalue weighted by molar-refractivity contribution is 6.44. The van der Waals surface area contributed by atoms with Crippen molar-refractivity contribution in [3.05, 3.63) is 41.7 Å². The molecule has 0 saturated heterocycles. The fourth-order valence-electron chi connectivity index (χ4n) is 3.60. The number of carbonyl (C=O) groups is 3. The zero-order chi connectivity index (χ0) is 20.2. The van der Waals surface area contributed by atoms with Gasteiger partial charge in [0.1, 0.15) is 5.71 Å². The number of nitrogens with zero attached hydrogens (tertiary/aromatic N) is 2. The average molecular weight is 381 g/mol. The van der Waals surface area contributed by atoms with E-state index in [1.54, 1.807) is 25.5 Å². The summed E-state index contributed by atoms with van der Waals surface area (Å²) in [5, 5.41) is 12.3. The van der Waals surface area contributed by atoms with Crippen molar-refractivity contribution in [3.8, 4) is 5.75 Å². The molecule has 0 saturated carbocycles. The highest BCUT2D eigenvalue weighted by atomic mass is 16.5. The van der Waals surface area contributed by atoms with Crippen LogP contribution < -0.4 is 10.1 Å². The molecular weight excluding hydrogens is 362 g/mol. The van der Waals surface area contributed by atoms with E-state index >= 15 is 0 Å². The van der Waals surface area contributed by atoms with Gasteiger partial charge in [-0.1, -0.05) is 19.9 Å². The second kappa shape index (κ2) is 6.33. The Labute approximate surface area is 161 Å². The lowest BCUT2D eigenvalue weighted by molar-refractivity contribution is -0.125. The fourth-order valence-corrected chi connectivity index (χ4v) is 3.60. The third kappa shape index (κ3) is 2.69. The summed E-state index contributed by atoms with van der Waals surface area (Å²) >= 11 is 0. The number of benzene rings is 1. The van der Waals surface area contributed by atoms with E-state index in [-0.39, 0.29) is 23.3 Å². The number of aromatic carboxylic acids is 1. The molecule has 1 aromatic rings. The van der Waals surface area contributed by atoms with E-state index in [9.17, 15) is 19.5 Å². The van der Waals surface area contributed by atoms with Gasteiger partial charge in [-0.05, 0) is 23.6 Å². The van der Waals surface area contributed by atoms with Crippen LogP contribution in [0.25, 0.3) is 5.57 Å². The van der Waals surface area contributed by atoms with Gasteiger partial charge in [0.15, 0.2) is 11.9 Å². The number of anilines is 1. The van der Waals surface area contributed by atoms with Crippen LogP contribution >= 0.6 is 0 Å². The van der Waals surface area contributed by atoms with Gasteiger partial charge in [0.05, 0.1) is 17.2 Å². The smallest absolute Gasteiger partial charge is 0.335 e. The predicted octanol–water partition coefficient (Wildman–Crippen LogP) is 2.14. The second-order valence-electron chi connectivity index (χ2n) is 7.31. The summed E-state index contributed by atoms with van der Waals surface area (Å²) in [6, 6.07) is 2.89. The van der Waals surface area contributed by atoms with Gasteiger partial charge in [0.2, 0.25) is 0 Å². The number of nitrogens with one attached hydrogen (secondary N) is 1. The third-order valence-electron chi connectivity index (χ3n) is 5.01. The van der Waals surface area contributed by atoms with E-state index in [0.29, 0.717) is 28.3 Å². The maximum Gasteiger partial charge on any atom is 0.335 e. The third-order valence-corrected chi connectivity index (χ3v) is 5.01. The molecule has 2 N–H and O–H groups in total. The van der Waals surface area contributed by atoms with Crippen molar-refractivity contribution in [2.75, 3.05) is 12.4 Å². The Bertz CT molecular complexity index is 1010. The molecule has 0 aliphatic carbocycles. The lowest BCUT2D eigenvalue weighted by atomic mass is 9.85. The second-order valence-corrected chi connectivity index (χ2v) is 7.31. The number of fused-ring (bicyclic) bond motifs is 2. The van der Waals surface area contributed by atoms with Crippen LogP contribution in [0.1, 0.15) is 29.8 Å². The number of carboxylic acids is 1. The molecule has 0 radical (unpaired) electrons. The predicted molar refractivity (Wildman–Crippen MR) is 102 cm³/mol. The molecule has 3 aliphatic heterocycles. The van der Waals surface area contributed by atoms with Crippen LogP contribution in [0, 0.1) is 11.8 Å². The number of carboxylic acid groups (broad SMARTS) is 1. The Morgan fingerprint density at radius 3 is 2.75 bits per heavy atom. The first-order valence-electron chi connectivity index (χ1n) is 8.90. The Morgan fingerprint density at radius 2 is 2.07 bits per heavy atom. The van der Waals surface area contributed by atoms with Crippen molar-refractivity contribution in [2.45, 2.75) is 20.0 Å². The van der Waals surface area contributed by atoms with E-state index in [2.05, 4.69) is 10.3 Å². The fraction of sp³-hybridized carbons (Fsp3) is 0.300. The molecule has 28 heavy (non-hydrogen) atoms. The zero-order valence-corrected chi connectivity index (χ0v) is 15.6. The first-order chi connectivity index (χ1) is 13.3. The number of rotatable bonds is 3. The van der Waals surface area contributed by atoms with E-state index in [1.807, 2.05) is 13.8 Å². The van der Waals surface area contributed by atoms with Gasteiger partial charge in [0, 0.05) is 25.0 Å². The number of ether oxygens (including phenoxy) is 1. The minimum Gasteiger partial charge on any atom is -0.478 e. The van der Waals surface area contributed by atoms with Crippen LogP contribution in [0.2, 0.25) is 0 Å². The summed E-state index contributed by atoms with van der Waals surface area (Å²) < 4.78 is 6.02. The normalized spacial score (nSPS) is 22.9. The maximum absolute atomic E-state index is 12.4. The Kier molecular flexibility index (Phi) is 4.06. The molecule has 8 nitrogen and oxygen atoms in total. The highest BCUT2D eigenvalue weighted by Gasteiger charge is 2.38. The molecule has 2 amide bonds. The Balaban J connectivity index is 1.92. The van der Waals surface area contributed by atoms with Gasteiger partial charge in [-0.3, -0.25) is 14.6 Å². The number of allylic oxidation sites excluding steroid dienone is 2. The van der Waals surface area contributed by atoms with E-state index in [1.165, 1.54) is 17.0 Å². The average Bonchev–Trinajstić information content (AvgIpc) is 3.13. The number of carbonyl (C=O) groups excluding carboxylic acids is 2. The summed E-state index contributed by atoms with van der Waals surface area (Å²) in [7, 11) is 1.62. The molecule has 0 bridgehead atoms. The standard InChI is InChI=1S/C20H19N3O5/c1-9(2)16-18(24)22-14-7-10(20(26)27)6-12(17(14)28-16)13-8-23(3)19(25)15-11(13)4-5-21-15/h4-9,11,16H,1-3H3,(H,22,24)(H,26,27)/t11?,16-/m1/s1. The topological polar surface area (TPSA) is 108 Å². The first-order valence-corrected chi connectivity index (χ1v) is 8.90. The van der Waals surface area contributed by atoms with Gasteiger partial charge in [-0.2, -0.15) is 0 Å². The molecule has 3 aliphatic rings. The van der Waals surface area contributed by atoms with Crippen molar-refractivity contribution in [3.63, 3.8) is 0 Å². The molecule has 4 rings (SSSR count). The molecule has 0 fully saturated rings. The molecule has 8 heteroatoms. The van der Waals surface area contributed by atoms with Crippen LogP contribution in [-0.4, -0.2) is 46.7 Å². The minimum atomic E-state index is -1.12. The van der Waals surface area contributed by atoms with Crippen LogP contribution in [0.3, 0.4) is 0 Å². The Hall–Kier alpha value is -3.42. The van der Waals surface area contributed by atoms with Gasteiger partial charge < -0.3 is 20.1 Å². The van der Waals surface area contributed by atoms with Gasteiger partial charge in [-0.15, -0.1) is 0 Å². The zero-order valence-electron chi connectivity index (χ0n) is 15.6. The van der Waals surface area contributed by atoms with Crippen molar-refractivity contribution in [1.82, 2.24) is 4.90 Å². The van der Waals surface area contributed by atoms with Crippen LogP contribution in [0.5, 0.6) is 5.75 Å². The lowest BCUT2D eigenvalue weighted by Crippen LogP contribution is -2.41. The maximum atomic E-state index is 12.4. The Morgan fingerprint density at radius 1 is 1.32 bits per heavy atom. The SMILES string of the molecule is CC(C)[C@H]1Oc2c(cc(C(=O)O)cc2C2=CN(C)C(=O)C3=NC=CC23)NC1=O. The molecular formula is C20H19N3O5. The quantitative estimate of drug-likeness (QED) is 0.834. The van der Waals surface area contributed by atoms with Gasteiger partial charge in [-0.25, -0.2) is 4.79 Å². The van der Waals surface area contributed by atoms with Gasteiger partial charge >= 0.3 is 5.97 Å². The first kappa shape index (κ1) is 18.0. The highest BCUT2D eigenvalue weighted by Crippen LogP contribution is 2.44. The largest absolute Gasteiger partial charge is 0.478 e. The molecule has 1 aromatic carbocycles. The van der Waals surface area contributed by atoms with Gasteiger partial charge in [0.25, 0.3) is 11.8 Å². The lowest BCUT2D eigenvalue weighted by Gasteiger charge is -2.33. The molecule has 0 aromatic heterocycles. The van der Waals surface area contributed by atoms with E-state index in [0.717, 1.165) is 0 Å². The van der Waals surface area contributed by atoms with Crippen LogP contribution in [0.4, 0.5) is 5.69 Å². The molecule has 144 valence electrons. The summed E-state index contributed by atoms with van der Waals surface area (Å²) in [4.78, 5) is 42.0. The summed E-state index contributed by atoms with van der Waals surface area (Å²) in [5.74, 6) is -1.72. The van der Waals surface area contributed by atoms with Crippen LogP contribution in [-0.2, 0) is 9.59 Å². The molecule has 3 heterocycles. The van der Waals surface area contributed by atoms with Crippen molar-refractivity contribution >= 4 is 34.8 Å². The summed E-state index contributed by atoms with van der Waals surface area (Å²) in [6.07, 6.45) is 4.32. The molecule has 0 spiro atoms. The number of aliphatic imine (C=N–C) groups is 1. The van der Waals surface area contributed by atoms with Crippen molar-refractivity contribution < 1.29 is 24.2 Å². The summed E-state index contributed by atoms with van der Waals surface area (Å²) in [6.45, 7) is 3.74. The number of hydrogen-bond donors (Lipinski definition) is 2. The van der Waals surface area contributed by atoms with Crippen LogP contribution in [0.15, 0.2) is 35.6 Å². The van der Waals surface area contributed by atoms with E-state index < -0.39 is 18.0 Å². The van der Waals surface area contributed by atoms with Crippen molar-refractivity contribution in [1.29, 1.82) is 0 Å².